The quantitative estimate of drug-likeness (QED) is 0.557. The number of fused-ring (bicyclic) bond motifs is 1. The Balaban J connectivity index is 1.74. The van der Waals surface area contributed by atoms with E-state index in [0.717, 1.165) is 27.8 Å². The average molecular weight is 393 g/mol. The Kier molecular flexibility index (Phi) is 4.35. The molecule has 0 atom stereocenters. The van der Waals surface area contributed by atoms with Crippen molar-refractivity contribution in [3.63, 3.8) is 0 Å². The van der Waals surface area contributed by atoms with Crippen LogP contribution in [0.3, 0.4) is 0 Å². The summed E-state index contributed by atoms with van der Waals surface area (Å²) in [6, 6.07) is 7.61. The molecule has 0 saturated carbocycles. The lowest BCUT2D eigenvalue weighted by molar-refractivity contribution is 0.103. The van der Waals surface area contributed by atoms with Crippen LogP contribution in [0.25, 0.3) is 21.5 Å². The molecule has 0 radical (unpaired) electrons. The number of H-pyrrole nitrogens is 1. The molecule has 3 aromatic heterocycles. The van der Waals surface area contributed by atoms with Crippen molar-refractivity contribution in [3.05, 3.63) is 62.6 Å². The van der Waals surface area contributed by atoms with Crippen molar-refractivity contribution in [1.82, 2.24) is 19.7 Å². The Bertz CT molecular complexity index is 1280. The second kappa shape index (κ2) is 6.72. The Morgan fingerprint density at radius 3 is 2.75 bits per heavy atom. The standard InChI is InChI=1S/C20H19N5O2S/c1-10-11(2)24-25(4)20(27)16(10)19-22-12(3)17(28-19)18(26)23-15-7-5-6-14-13(15)8-9-21-14/h5-9,21H,1-4H3,(H,23,26). The van der Waals surface area contributed by atoms with E-state index in [1.54, 1.807) is 14.0 Å². The fourth-order valence-corrected chi connectivity index (χ4v) is 4.24. The van der Waals surface area contributed by atoms with E-state index in [4.69, 9.17) is 0 Å². The van der Waals surface area contributed by atoms with Gasteiger partial charge in [0.25, 0.3) is 11.5 Å². The number of carbonyl (C=O) groups is 1. The van der Waals surface area contributed by atoms with Crippen molar-refractivity contribution in [2.75, 3.05) is 5.32 Å². The summed E-state index contributed by atoms with van der Waals surface area (Å²) in [5, 5.41) is 8.63. The minimum Gasteiger partial charge on any atom is -0.361 e. The molecule has 2 N–H and O–H groups in total. The third kappa shape index (κ3) is 2.91. The number of aromatic amines is 1. The van der Waals surface area contributed by atoms with Crippen LogP contribution in [0.2, 0.25) is 0 Å². The number of nitrogens with zero attached hydrogens (tertiary/aromatic N) is 3. The molecule has 0 spiro atoms. The summed E-state index contributed by atoms with van der Waals surface area (Å²) in [6.07, 6.45) is 1.83. The Morgan fingerprint density at radius 2 is 1.96 bits per heavy atom. The number of nitrogens with one attached hydrogen (secondary N) is 2. The highest BCUT2D eigenvalue weighted by molar-refractivity contribution is 7.17. The van der Waals surface area contributed by atoms with E-state index in [2.05, 4.69) is 20.4 Å². The molecular formula is C20H19N5O2S. The van der Waals surface area contributed by atoms with Gasteiger partial charge in [-0.05, 0) is 44.5 Å². The lowest BCUT2D eigenvalue weighted by atomic mass is 10.1. The lowest BCUT2D eigenvalue weighted by Crippen LogP contribution is -2.23. The largest absolute Gasteiger partial charge is 0.361 e. The van der Waals surface area contributed by atoms with Crippen molar-refractivity contribution in [2.45, 2.75) is 20.8 Å². The van der Waals surface area contributed by atoms with E-state index in [9.17, 15) is 9.59 Å². The lowest BCUT2D eigenvalue weighted by Gasteiger charge is -2.07. The van der Waals surface area contributed by atoms with Gasteiger partial charge in [0.15, 0.2) is 0 Å². The summed E-state index contributed by atoms with van der Waals surface area (Å²) < 4.78 is 1.31. The van der Waals surface area contributed by atoms with Crippen molar-refractivity contribution >= 4 is 33.8 Å². The molecule has 0 aliphatic heterocycles. The van der Waals surface area contributed by atoms with E-state index in [1.807, 2.05) is 44.3 Å². The molecule has 4 rings (SSSR count). The molecule has 1 aromatic carbocycles. The average Bonchev–Trinajstić information content (AvgIpc) is 3.27. The molecule has 0 aliphatic rings. The van der Waals surface area contributed by atoms with Gasteiger partial charge in [-0.1, -0.05) is 6.07 Å². The van der Waals surface area contributed by atoms with Gasteiger partial charge < -0.3 is 10.3 Å². The van der Waals surface area contributed by atoms with Gasteiger partial charge in [-0.25, -0.2) is 9.67 Å². The van der Waals surface area contributed by atoms with Crippen LogP contribution < -0.4 is 10.9 Å². The third-order valence-electron chi connectivity index (χ3n) is 4.79. The van der Waals surface area contributed by atoms with Gasteiger partial charge in [0.1, 0.15) is 9.88 Å². The minimum absolute atomic E-state index is 0.221. The molecule has 0 aliphatic carbocycles. The van der Waals surface area contributed by atoms with Crippen molar-refractivity contribution < 1.29 is 4.79 Å². The van der Waals surface area contributed by atoms with Crippen molar-refractivity contribution in [3.8, 4) is 10.6 Å². The number of hydrogen-bond acceptors (Lipinski definition) is 5. The molecule has 0 unspecified atom stereocenters. The summed E-state index contributed by atoms with van der Waals surface area (Å²) >= 11 is 1.22. The molecule has 1 amide bonds. The Hall–Kier alpha value is -3.26. The predicted octanol–water partition coefficient (Wildman–Crippen LogP) is 3.56. The first kappa shape index (κ1) is 18.1. The topological polar surface area (TPSA) is 92.7 Å². The fourth-order valence-electron chi connectivity index (χ4n) is 3.19. The molecule has 0 bridgehead atoms. The van der Waals surface area contributed by atoms with E-state index in [-0.39, 0.29) is 11.5 Å². The van der Waals surface area contributed by atoms with Gasteiger partial charge in [0, 0.05) is 24.1 Å². The second-order valence-electron chi connectivity index (χ2n) is 6.65. The van der Waals surface area contributed by atoms with E-state index >= 15 is 0 Å². The van der Waals surface area contributed by atoms with Crippen LogP contribution >= 0.6 is 11.3 Å². The minimum atomic E-state index is -0.241. The summed E-state index contributed by atoms with van der Waals surface area (Å²) in [5.41, 5.74) is 4.08. The smallest absolute Gasteiger partial charge is 0.277 e. The van der Waals surface area contributed by atoms with Crippen LogP contribution in [0.4, 0.5) is 5.69 Å². The number of thiazole rings is 1. The van der Waals surface area contributed by atoms with Crippen LogP contribution in [-0.2, 0) is 7.05 Å². The summed E-state index contributed by atoms with van der Waals surface area (Å²) in [4.78, 5) is 33.6. The molecule has 7 nitrogen and oxygen atoms in total. The molecule has 28 heavy (non-hydrogen) atoms. The van der Waals surface area contributed by atoms with Crippen LogP contribution in [0.5, 0.6) is 0 Å². The Labute approximate surface area is 165 Å². The maximum Gasteiger partial charge on any atom is 0.277 e. The summed E-state index contributed by atoms with van der Waals surface area (Å²) in [6.45, 7) is 5.48. The number of amides is 1. The number of anilines is 1. The van der Waals surface area contributed by atoms with Crippen LogP contribution in [0.1, 0.15) is 26.6 Å². The predicted molar refractivity (Wildman–Crippen MR) is 111 cm³/mol. The van der Waals surface area contributed by atoms with Crippen LogP contribution in [0.15, 0.2) is 35.3 Å². The monoisotopic (exact) mass is 393 g/mol. The van der Waals surface area contributed by atoms with Gasteiger partial charge in [-0.3, -0.25) is 9.59 Å². The number of benzene rings is 1. The van der Waals surface area contributed by atoms with Gasteiger partial charge in [0.05, 0.1) is 22.6 Å². The summed E-state index contributed by atoms with van der Waals surface area (Å²) in [5.74, 6) is -0.241. The van der Waals surface area contributed by atoms with Gasteiger partial charge >= 0.3 is 0 Å². The molecular weight excluding hydrogens is 374 g/mol. The molecule has 8 heteroatoms. The Morgan fingerprint density at radius 1 is 1.18 bits per heavy atom. The van der Waals surface area contributed by atoms with Crippen molar-refractivity contribution in [1.29, 1.82) is 0 Å². The first-order valence-corrected chi connectivity index (χ1v) is 9.58. The second-order valence-corrected chi connectivity index (χ2v) is 7.65. The van der Waals surface area contributed by atoms with Crippen molar-refractivity contribution in [2.24, 2.45) is 7.05 Å². The molecule has 0 fully saturated rings. The maximum atomic E-state index is 12.9. The molecule has 4 aromatic rings. The third-order valence-corrected chi connectivity index (χ3v) is 5.96. The number of carbonyl (C=O) groups excluding carboxylic acids is 1. The molecule has 142 valence electrons. The zero-order valence-corrected chi connectivity index (χ0v) is 16.8. The molecule has 3 heterocycles. The summed E-state index contributed by atoms with van der Waals surface area (Å²) in [7, 11) is 1.61. The number of aromatic nitrogens is 4. The SMILES string of the molecule is Cc1nc(-c2c(C)c(C)nn(C)c2=O)sc1C(=O)Nc1cccc2[nH]ccc12. The van der Waals surface area contributed by atoms with E-state index < -0.39 is 0 Å². The number of hydrogen-bond donors (Lipinski definition) is 2. The molecule has 0 saturated heterocycles. The van der Waals surface area contributed by atoms with Gasteiger partial charge in [-0.2, -0.15) is 5.10 Å². The maximum absolute atomic E-state index is 12.9. The van der Waals surface area contributed by atoms with Gasteiger partial charge in [-0.15, -0.1) is 11.3 Å². The van der Waals surface area contributed by atoms with Crippen LogP contribution in [0, 0.1) is 20.8 Å². The zero-order chi connectivity index (χ0) is 20.0. The first-order chi connectivity index (χ1) is 13.4. The normalized spacial score (nSPS) is 11.1. The fraction of sp³-hybridized carbons (Fsp3) is 0.200. The zero-order valence-electron chi connectivity index (χ0n) is 16.0. The first-order valence-electron chi connectivity index (χ1n) is 8.76. The van der Waals surface area contributed by atoms with E-state index in [1.165, 1.54) is 16.0 Å². The number of rotatable bonds is 3. The van der Waals surface area contributed by atoms with E-state index in [0.29, 0.717) is 21.1 Å². The van der Waals surface area contributed by atoms with Crippen LogP contribution in [-0.4, -0.2) is 25.7 Å². The van der Waals surface area contributed by atoms with Gasteiger partial charge in [0.2, 0.25) is 0 Å². The highest BCUT2D eigenvalue weighted by Crippen LogP contribution is 2.30. The highest BCUT2D eigenvalue weighted by atomic mass is 32.1. The highest BCUT2D eigenvalue weighted by Gasteiger charge is 2.21. The number of aryl methyl sites for hydroxylation is 3.